The van der Waals surface area contributed by atoms with Crippen LogP contribution in [-0.2, 0) is 6.42 Å². The maximum atomic E-state index is 2.42. The van der Waals surface area contributed by atoms with Gasteiger partial charge in [-0.3, -0.25) is 0 Å². The second kappa shape index (κ2) is 16.1. The third-order valence-electron chi connectivity index (χ3n) is 10.5. The summed E-state index contributed by atoms with van der Waals surface area (Å²) in [6, 6.07) is 69.8. The first-order valence-electron chi connectivity index (χ1n) is 19.2. The lowest BCUT2D eigenvalue weighted by Crippen LogP contribution is -1.96. The van der Waals surface area contributed by atoms with Gasteiger partial charge < -0.3 is 4.57 Å². The fraction of sp³-hybridized carbons (Fsp3) is 0.0741. The quantitative estimate of drug-likeness (QED) is 0.155. The van der Waals surface area contributed by atoms with E-state index in [1.54, 1.807) is 0 Å². The third kappa shape index (κ3) is 7.70. The summed E-state index contributed by atoms with van der Waals surface area (Å²) in [5.74, 6) is 0. The minimum Gasteiger partial charge on any atom is -0.309 e. The predicted octanol–water partition coefficient (Wildman–Crippen LogP) is 14.7. The summed E-state index contributed by atoms with van der Waals surface area (Å²) in [6.07, 6.45) is 5.24. The van der Waals surface area contributed by atoms with E-state index in [1.165, 1.54) is 88.7 Å². The van der Waals surface area contributed by atoms with Crippen molar-refractivity contribution in [1.82, 2.24) is 4.57 Å². The largest absolute Gasteiger partial charge is 0.309 e. The molecule has 0 aliphatic rings. The number of para-hydroxylation sites is 1. The molecule has 0 atom stereocenters. The number of benzene rings is 8. The molecule has 9 aromatic rings. The molecule has 0 bridgehead atoms. The standard InChI is InChI=1S/C41H33N.C13H12/c1-3-9-32-24-27-39-38-12-7-8-13-40(38)42(41(39)29(32)2)37-25-22-36(23-26-37)35-20-16-31(17-21-35)28-30-14-18-34(19-15-30)33-10-5-4-6-11-33;1-11-7-9-13(10-8-11)12-5-3-2-4-6-12/h3-27H,28H2,1-2H3;2-10H,1H3/b9-3-;. The zero-order valence-corrected chi connectivity index (χ0v) is 31.8. The van der Waals surface area contributed by atoms with Crippen molar-refractivity contribution in [3.05, 3.63) is 228 Å². The molecule has 0 unspecified atom stereocenters. The van der Waals surface area contributed by atoms with Gasteiger partial charge in [0.2, 0.25) is 0 Å². The average Bonchev–Trinajstić information content (AvgIpc) is 3.59. The smallest absolute Gasteiger partial charge is 0.0576 e. The lowest BCUT2D eigenvalue weighted by atomic mass is 9.98. The van der Waals surface area contributed by atoms with Gasteiger partial charge in [0.05, 0.1) is 11.0 Å². The van der Waals surface area contributed by atoms with Crippen LogP contribution in [0.5, 0.6) is 0 Å². The van der Waals surface area contributed by atoms with Crippen LogP contribution in [0.1, 0.15) is 34.7 Å². The lowest BCUT2D eigenvalue weighted by Gasteiger charge is -2.12. The number of rotatable bonds is 7. The highest BCUT2D eigenvalue weighted by atomic mass is 15.0. The number of hydrogen-bond donors (Lipinski definition) is 0. The summed E-state index contributed by atoms with van der Waals surface area (Å²) in [5, 5.41) is 2.59. The van der Waals surface area contributed by atoms with E-state index in [9.17, 15) is 0 Å². The van der Waals surface area contributed by atoms with E-state index in [-0.39, 0.29) is 0 Å². The molecule has 0 spiro atoms. The van der Waals surface area contributed by atoms with Gasteiger partial charge in [-0.25, -0.2) is 0 Å². The molecule has 0 aliphatic carbocycles. The van der Waals surface area contributed by atoms with E-state index >= 15 is 0 Å². The molecule has 0 fully saturated rings. The number of fused-ring (bicyclic) bond motifs is 3. The fourth-order valence-electron chi connectivity index (χ4n) is 7.54. The van der Waals surface area contributed by atoms with Gasteiger partial charge in [0.15, 0.2) is 0 Å². The first-order chi connectivity index (χ1) is 27.1. The van der Waals surface area contributed by atoms with Crippen LogP contribution in [0, 0.1) is 13.8 Å². The zero-order valence-electron chi connectivity index (χ0n) is 31.8. The van der Waals surface area contributed by atoms with Crippen LogP contribution >= 0.6 is 0 Å². The molecular weight excluding hydrogens is 663 g/mol. The molecule has 266 valence electrons. The molecule has 1 aromatic heterocycles. The Hall–Kier alpha value is -6.70. The normalized spacial score (nSPS) is 11.2. The van der Waals surface area contributed by atoms with Gasteiger partial charge in [-0.15, -0.1) is 0 Å². The molecule has 55 heavy (non-hydrogen) atoms. The van der Waals surface area contributed by atoms with Gasteiger partial charge in [0.25, 0.3) is 0 Å². The van der Waals surface area contributed by atoms with Crippen LogP contribution in [0.15, 0.2) is 200 Å². The molecule has 1 heteroatoms. The summed E-state index contributed by atoms with van der Waals surface area (Å²) < 4.78 is 2.42. The first-order valence-corrected chi connectivity index (χ1v) is 19.2. The van der Waals surface area contributed by atoms with Crippen LogP contribution in [0.2, 0.25) is 0 Å². The van der Waals surface area contributed by atoms with Gasteiger partial charge >= 0.3 is 0 Å². The van der Waals surface area contributed by atoms with E-state index in [0.717, 1.165) is 6.42 Å². The summed E-state index contributed by atoms with van der Waals surface area (Å²) in [7, 11) is 0. The predicted molar refractivity (Wildman–Crippen MR) is 237 cm³/mol. The Morgan fingerprint density at radius 2 is 0.873 bits per heavy atom. The summed E-state index contributed by atoms with van der Waals surface area (Å²) in [4.78, 5) is 0. The van der Waals surface area contributed by atoms with Crippen molar-refractivity contribution in [1.29, 1.82) is 0 Å². The minimum atomic E-state index is 0.927. The highest BCUT2D eigenvalue weighted by molar-refractivity contribution is 6.11. The van der Waals surface area contributed by atoms with Crippen LogP contribution in [0.4, 0.5) is 0 Å². The zero-order chi connectivity index (χ0) is 37.6. The molecule has 1 heterocycles. The van der Waals surface area contributed by atoms with Crippen molar-refractivity contribution in [3.63, 3.8) is 0 Å². The SMILES string of the molecule is C/C=C\c1ccc2c3ccccc3n(-c3ccc(-c4ccc(Cc5ccc(-c6ccccc6)cc5)cc4)cc3)c2c1C.Cc1ccc(-c2ccccc2)cc1. The number of aryl methyl sites for hydroxylation is 2. The minimum absolute atomic E-state index is 0.927. The highest BCUT2D eigenvalue weighted by Gasteiger charge is 2.15. The third-order valence-corrected chi connectivity index (χ3v) is 10.5. The summed E-state index contributed by atoms with van der Waals surface area (Å²) in [5.41, 5.74) is 17.7. The molecule has 0 saturated heterocycles. The van der Waals surface area contributed by atoms with E-state index in [0.29, 0.717) is 0 Å². The summed E-state index contributed by atoms with van der Waals surface area (Å²) >= 11 is 0. The Morgan fingerprint density at radius 3 is 1.40 bits per heavy atom. The molecule has 9 rings (SSSR count). The van der Waals surface area contributed by atoms with E-state index in [2.05, 4.69) is 226 Å². The lowest BCUT2D eigenvalue weighted by molar-refractivity contribution is 1.17. The van der Waals surface area contributed by atoms with Crippen LogP contribution < -0.4 is 0 Å². The maximum Gasteiger partial charge on any atom is 0.0576 e. The molecule has 0 radical (unpaired) electrons. The van der Waals surface area contributed by atoms with Crippen molar-refractivity contribution in [2.75, 3.05) is 0 Å². The number of nitrogens with zero attached hydrogens (tertiary/aromatic N) is 1. The number of aromatic nitrogens is 1. The Labute approximate surface area is 325 Å². The molecule has 0 aliphatic heterocycles. The Kier molecular flexibility index (Phi) is 10.4. The number of allylic oxidation sites excluding steroid dienone is 1. The molecule has 1 nitrogen and oxygen atoms in total. The highest BCUT2D eigenvalue weighted by Crippen LogP contribution is 2.36. The van der Waals surface area contributed by atoms with Gasteiger partial charge in [-0.05, 0) is 101 Å². The Morgan fingerprint density at radius 1 is 0.418 bits per heavy atom. The van der Waals surface area contributed by atoms with Gasteiger partial charge in [0.1, 0.15) is 0 Å². The van der Waals surface area contributed by atoms with Crippen molar-refractivity contribution in [3.8, 4) is 39.1 Å². The van der Waals surface area contributed by atoms with E-state index < -0.39 is 0 Å². The molecule has 0 N–H and O–H groups in total. The average molecular weight is 708 g/mol. The van der Waals surface area contributed by atoms with Gasteiger partial charge in [-0.2, -0.15) is 0 Å². The van der Waals surface area contributed by atoms with Crippen molar-refractivity contribution < 1.29 is 0 Å². The fourth-order valence-corrected chi connectivity index (χ4v) is 7.54. The van der Waals surface area contributed by atoms with E-state index in [1.807, 2.05) is 6.07 Å². The second-order valence-electron chi connectivity index (χ2n) is 14.2. The Balaban J connectivity index is 0.000000277. The van der Waals surface area contributed by atoms with Gasteiger partial charge in [0, 0.05) is 16.5 Å². The van der Waals surface area contributed by atoms with Crippen LogP contribution in [0.25, 0.3) is 66.9 Å². The molecule has 8 aromatic carbocycles. The van der Waals surface area contributed by atoms with E-state index in [4.69, 9.17) is 0 Å². The monoisotopic (exact) mass is 707 g/mol. The molecular formula is C54H45N. The maximum absolute atomic E-state index is 2.42. The van der Waals surface area contributed by atoms with Crippen LogP contribution in [0.3, 0.4) is 0 Å². The van der Waals surface area contributed by atoms with Crippen molar-refractivity contribution in [2.45, 2.75) is 27.2 Å². The Bertz CT molecular complexity index is 2680. The van der Waals surface area contributed by atoms with Crippen molar-refractivity contribution in [2.24, 2.45) is 0 Å². The summed E-state index contributed by atoms with van der Waals surface area (Å²) in [6.45, 7) is 6.42. The van der Waals surface area contributed by atoms with Gasteiger partial charge in [-0.1, -0.05) is 194 Å². The van der Waals surface area contributed by atoms with Crippen LogP contribution in [-0.4, -0.2) is 4.57 Å². The second-order valence-corrected chi connectivity index (χ2v) is 14.2. The number of hydrogen-bond acceptors (Lipinski definition) is 0. The van der Waals surface area contributed by atoms with Crippen molar-refractivity contribution >= 4 is 27.9 Å². The first kappa shape index (κ1) is 35.3. The topological polar surface area (TPSA) is 4.93 Å². The molecule has 0 amide bonds. The molecule has 0 saturated carbocycles.